The van der Waals surface area contributed by atoms with E-state index in [0.29, 0.717) is 0 Å². The van der Waals surface area contributed by atoms with Crippen LogP contribution in [0.25, 0.3) is 0 Å². The van der Waals surface area contributed by atoms with Crippen molar-refractivity contribution in [3.05, 3.63) is 51.2 Å². The molecule has 1 aromatic carbocycles. The average molecular weight is 255 g/mol. The van der Waals surface area contributed by atoms with E-state index in [4.69, 9.17) is 11.6 Å². The lowest BCUT2D eigenvalue weighted by molar-refractivity contribution is -0.385. The Morgan fingerprint density at radius 1 is 1.47 bits per heavy atom. The zero-order valence-corrected chi connectivity index (χ0v) is 10.1. The third-order valence-corrected chi connectivity index (χ3v) is 2.18. The third kappa shape index (κ3) is 3.57. The Morgan fingerprint density at radius 3 is 2.65 bits per heavy atom. The Morgan fingerprint density at radius 2 is 2.12 bits per heavy atom. The molecule has 0 N–H and O–H groups in total. The van der Waals surface area contributed by atoms with Gasteiger partial charge in [0.2, 0.25) is 0 Å². The molecular formula is C11H11ClN2O3. The number of carbonyl (C=O) groups is 1. The van der Waals surface area contributed by atoms with Crippen molar-refractivity contribution >= 4 is 23.1 Å². The monoisotopic (exact) mass is 254 g/mol. The van der Waals surface area contributed by atoms with E-state index in [1.54, 1.807) is 19.0 Å². The van der Waals surface area contributed by atoms with Gasteiger partial charge in [-0.05, 0) is 12.1 Å². The van der Waals surface area contributed by atoms with E-state index in [1.807, 2.05) is 0 Å². The summed E-state index contributed by atoms with van der Waals surface area (Å²) in [6, 6.07) is 3.90. The molecule has 0 saturated heterocycles. The number of hydrogen-bond acceptors (Lipinski definition) is 4. The van der Waals surface area contributed by atoms with Crippen LogP contribution in [0.3, 0.4) is 0 Å². The van der Waals surface area contributed by atoms with Crippen LogP contribution in [0.2, 0.25) is 5.02 Å². The second kappa shape index (κ2) is 5.45. The first-order chi connectivity index (χ1) is 7.91. The quantitative estimate of drug-likeness (QED) is 0.358. The number of ketones is 1. The van der Waals surface area contributed by atoms with Gasteiger partial charge in [-0.1, -0.05) is 11.6 Å². The molecule has 0 fully saturated rings. The summed E-state index contributed by atoms with van der Waals surface area (Å²) >= 11 is 5.72. The highest BCUT2D eigenvalue weighted by Gasteiger charge is 2.18. The van der Waals surface area contributed by atoms with Crippen molar-refractivity contribution in [2.45, 2.75) is 0 Å². The first-order valence-electron chi connectivity index (χ1n) is 4.74. The lowest BCUT2D eigenvalue weighted by Gasteiger charge is -2.03. The SMILES string of the molecule is CN(C)/C=C/C(=O)c1cc(Cl)ccc1[N+](=O)[O-]. The molecule has 0 atom stereocenters. The van der Waals surface area contributed by atoms with Gasteiger partial charge in [-0.25, -0.2) is 0 Å². The van der Waals surface area contributed by atoms with Gasteiger partial charge in [0.05, 0.1) is 4.92 Å². The van der Waals surface area contributed by atoms with Crippen molar-refractivity contribution in [2.24, 2.45) is 0 Å². The second-order valence-electron chi connectivity index (χ2n) is 3.56. The van der Waals surface area contributed by atoms with Crippen LogP contribution in [0.15, 0.2) is 30.5 Å². The van der Waals surface area contributed by atoms with Gasteiger partial charge in [-0.2, -0.15) is 0 Å². The molecule has 1 rings (SSSR count). The fourth-order valence-corrected chi connectivity index (χ4v) is 1.34. The van der Waals surface area contributed by atoms with Gasteiger partial charge < -0.3 is 4.90 Å². The maximum Gasteiger partial charge on any atom is 0.280 e. The fourth-order valence-electron chi connectivity index (χ4n) is 1.17. The Labute approximate surface area is 103 Å². The number of nitrogens with zero attached hydrogens (tertiary/aromatic N) is 2. The molecule has 6 heteroatoms. The van der Waals surface area contributed by atoms with Gasteiger partial charge in [0, 0.05) is 37.5 Å². The summed E-state index contributed by atoms with van der Waals surface area (Å²) in [6.45, 7) is 0. The average Bonchev–Trinajstić information content (AvgIpc) is 2.25. The minimum absolute atomic E-state index is 0.0133. The number of allylic oxidation sites excluding steroid dienone is 1. The second-order valence-corrected chi connectivity index (χ2v) is 4.00. The van der Waals surface area contributed by atoms with Gasteiger partial charge >= 0.3 is 0 Å². The number of rotatable bonds is 4. The normalized spacial score (nSPS) is 10.5. The van der Waals surface area contributed by atoms with E-state index in [2.05, 4.69) is 0 Å². The molecule has 0 aliphatic carbocycles. The molecule has 1 aromatic rings. The summed E-state index contributed by atoms with van der Waals surface area (Å²) in [6.07, 6.45) is 2.78. The number of nitro benzene ring substituents is 1. The van der Waals surface area contributed by atoms with E-state index in [9.17, 15) is 14.9 Å². The molecule has 0 bridgehead atoms. The van der Waals surface area contributed by atoms with Crippen molar-refractivity contribution in [3.63, 3.8) is 0 Å². The molecule has 0 aliphatic heterocycles. The largest absolute Gasteiger partial charge is 0.383 e. The number of halogens is 1. The fraction of sp³-hybridized carbons (Fsp3) is 0.182. The zero-order valence-electron chi connectivity index (χ0n) is 9.38. The highest BCUT2D eigenvalue weighted by Crippen LogP contribution is 2.23. The van der Waals surface area contributed by atoms with Gasteiger partial charge in [0.15, 0.2) is 5.78 Å². The summed E-state index contributed by atoms with van der Waals surface area (Å²) in [7, 11) is 3.49. The highest BCUT2D eigenvalue weighted by molar-refractivity contribution is 6.31. The molecule has 0 aromatic heterocycles. The van der Waals surface area contributed by atoms with Crippen molar-refractivity contribution in [3.8, 4) is 0 Å². The third-order valence-electron chi connectivity index (χ3n) is 1.94. The van der Waals surface area contributed by atoms with Gasteiger partial charge in [0.25, 0.3) is 5.69 Å². The molecule has 0 aliphatic rings. The first kappa shape index (κ1) is 13.2. The molecule has 0 spiro atoms. The summed E-state index contributed by atoms with van der Waals surface area (Å²) in [5.74, 6) is -0.451. The van der Waals surface area contributed by atoms with Gasteiger partial charge in [-0.3, -0.25) is 14.9 Å². The van der Waals surface area contributed by atoms with Crippen LogP contribution in [0, 0.1) is 10.1 Å². The van der Waals surface area contributed by atoms with Crippen LogP contribution in [-0.2, 0) is 0 Å². The van der Waals surface area contributed by atoms with E-state index < -0.39 is 10.7 Å². The Bertz CT molecular complexity index is 484. The van der Waals surface area contributed by atoms with Crippen molar-refractivity contribution < 1.29 is 9.72 Å². The topological polar surface area (TPSA) is 63.5 Å². The minimum atomic E-state index is -0.604. The summed E-state index contributed by atoms with van der Waals surface area (Å²) in [4.78, 5) is 23.6. The smallest absolute Gasteiger partial charge is 0.280 e. The standard InChI is InChI=1S/C11H11ClN2O3/c1-13(2)6-5-11(15)9-7-8(12)3-4-10(9)14(16)17/h3-7H,1-2H3/b6-5+. The highest BCUT2D eigenvalue weighted by atomic mass is 35.5. The maximum atomic E-state index is 11.8. The lowest BCUT2D eigenvalue weighted by Crippen LogP contribution is -2.05. The lowest BCUT2D eigenvalue weighted by atomic mass is 10.1. The van der Waals surface area contributed by atoms with Crippen molar-refractivity contribution in [2.75, 3.05) is 14.1 Å². The van der Waals surface area contributed by atoms with Crippen molar-refractivity contribution in [1.82, 2.24) is 4.90 Å². The minimum Gasteiger partial charge on any atom is -0.383 e. The number of hydrogen-bond donors (Lipinski definition) is 0. The molecule has 90 valence electrons. The van der Waals surface area contributed by atoms with Gasteiger partial charge in [-0.15, -0.1) is 0 Å². The van der Waals surface area contributed by atoms with E-state index in [1.165, 1.54) is 30.5 Å². The van der Waals surface area contributed by atoms with E-state index in [0.717, 1.165) is 0 Å². The predicted octanol–water partition coefficient (Wildman–Crippen LogP) is 2.51. The van der Waals surface area contributed by atoms with E-state index in [-0.39, 0.29) is 16.3 Å². The predicted molar refractivity (Wildman–Crippen MR) is 65.3 cm³/mol. The maximum absolute atomic E-state index is 11.8. The molecule has 5 nitrogen and oxygen atoms in total. The summed E-state index contributed by atoms with van der Waals surface area (Å²) in [5.41, 5.74) is -0.261. The van der Waals surface area contributed by atoms with Crippen molar-refractivity contribution in [1.29, 1.82) is 0 Å². The Kier molecular flexibility index (Phi) is 4.23. The van der Waals surface area contributed by atoms with Crippen LogP contribution < -0.4 is 0 Å². The molecule has 0 unspecified atom stereocenters. The van der Waals surface area contributed by atoms with Crippen LogP contribution in [-0.4, -0.2) is 29.7 Å². The van der Waals surface area contributed by atoms with Crippen LogP contribution in [0.4, 0.5) is 5.69 Å². The first-order valence-corrected chi connectivity index (χ1v) is 5.12. The van der Waals surface area contributed by atoms with Crippen LogP contribution >= 0.6 is 11.6 Å². The Balaban J connectivity index is 3.15. The molecule has 0 amide bonds. The molecule has 0 radical (unpaired) electrons. The molecule has 0 saturated carbocycles. The number of benzene rings is 1. The van der Waals surface area contributed by atoms with Gasteiger partial charge in [0.1, 0.15) is 5.56 Å². The molecular weight excluding hydrogens is 244 g/mol. The summed E-state index contributed by atoms with van der Waals surface area (Å²) in [5, 5.41) is 11.0. The Hall–Kier alpha value is -1.88. The zero-order chi connectivity index (χ0) is 13.0. The summed E-state index contributed by atoms with van der Waals surface area (Å²) < 4.78 is 0. The number of nitro groups is 1. The van der Waals surface area contributed by atoms with Crippen LogP contribution in [0.1, 0.15) is 10.4 Å². The number of carbonyl (C=O) groups excluding carboxylic acids is 1. The van der Waals surface area contributed by atoms with E-state index >= 15 is 0 Å². The van der Waals surface area contributed by atoms with Crippen LogP contribution in [0.5, 0.6) is 0 Å². The molecule has 0 heterocycles. The molecule has 17 heavy (non-hydrogen) atoms.